The number of carbonyl (C=O) groups excluding carboxylic acids is 1. The van der Waals surface area contributed by atoms with Crippen molar-refractivity contribution in [1.82, 2.24) is 4.98 Å². The Morgan fingerprint density at radius 2 is 1.67 bits per heavy atom. The van der Waals surface area contributed by atoms with E-state index in [0.717, 1.165) is 5.69 Å². The Morgan fingerprint density at radius 3 is 2.26 bits per heavy atom. The number of nitrogens with one attached hydrogen (secondary N) is 2. The zero-order valence-corrected chi connectivity index (χ0v) is 15.6. The van der Waals surface area contributed by atoms with Gasteiger partial charge in [0, 0.05) is 10.7 Å². The van der Waals surface area contributed by atoms with Crippen LogP contribution in [-0.4, -0.2) is 25.1 Å². The van der Waals surface area contributed by atoms with Crippen LogP contribution in [0.2, 0.25) is 5.02 Å². The first-order valence-corrected chi connectivity index (χ1v) is 8.49. The van der Waals surface area contributed by atoms with Gasteiger partial charge in [0.2, 0.25) is 0 Å². The average Bonchev–Trinajstić information content (AvgIpc) is 2.68. The molecule has 0 aliphatic rings. The van der Waals surface area contributed by atoms with E-state index in [-0.39, 0.29) is 5.91 Å². The van der Waals surface area contributed by atoms with Crippen molar-refractivity contribution in [3.05, 3.63) is 71.4 Å². The van der Waals surface area contributed by atoms with E-state index in [0.29, 0.717) is 33.6 Å². The number of ether oxygens (including phenoxy) is 2. The second-order valence-corrected chi connectivity index (χ2v) is 6.00. The minimum atomic E-state index is -0.346. The third-order valence-corrected chi connectivity index (χ3v) is 4.01. The lowest BCUT2D eigenvalue weighted by Crippen LogP contribution is -2.14. The topological polar surface area (TPSA) is 72.5 Å². The Hall–Kier alpha value is -3.25. The molecule has 1 amide bonds. The van der Waals surface area contributed by atoms with Crippen LogP contribution in [0.5, 0.6) is 11.5 Å². The fraction of sp³-hybridized carbons (Fsp3) is 0.100. The van der Waals surface area contributed by atoms with Gasteiger partial charge in [-0.3, -0.25) is 4.79 Å². The molecule has 3 aromatic rings. The highest BCUT2D eigenvalue weighted by Gasteiger charge is 2.18. The van der Waals surface area contributed by atoms with Crippen LogP contribution in [0.1, 0.15) is 10.4 Å². The molecule has 7 heteroatoms. The summed E-state index contributed by atoms with van der Waals surface area (Å²) in [6.07, 6.45) is 1.56. The quantitative estimate of drug-likeness (QED) is 0.642. The van der Waals surface area contributed by atoms with Gasteiger partial charge in [0.15, 0.2) is 0 Å². The van der Waals surface area contributed by atoms with E-state index in [1.807, 2.05) is 12.1 Å². The van der Waals surface area contributed by atoms with Gasteiger partial charge in [0.1, 0.15) is 22.9 Å². The number of pyridine rings is 1. The predicted molar refractivity (Wildman–Crippen MR) is 106 cm³/mol. The molecule has 3 rings (SSSR count). The standard InChI is InChI=1S/C20H18ClN3O3/c1-26-16-7-4-8-17(27-2)19(16)20(25)24-15-9-10-18(22-12-15)23-14-6-3-5-13(21)11-14/h3-12H,1-2H3,(H,22,23)(H,24,25). The number of nitrogens with zero attached hydrogens (tertiary/aromatic N) is 1. The van der Waals surface area contributed by atoms with Gasteiger partial charge in [-0.05, 0) is 42.5 Å². The van der Waals surface area contributed by atoms with Crippen molar-refractivity contribution in [2.24, 2.45) is 0 Å². The van der Waals surface area contributed by atoms with Gasteiger partial charge in [0.25, 0.3) is 5.91 Å². The first-order chi connectivity index (χ1) is 13.1. The second-order valence-electron chi connectivity index (χ2n) is 5.56. The summed E-state index contributed by atoms with van der Waals surface area (Å²) in [5.74, 6) is 1.14. The summed E-state index contributed by atoms with van der Waals surface area (Å²) in [5, 5.41) is 6.58. The molecule has 0 unspecified atom stereocenters. The maximum absolute atomic E-state index is 12.7. The zero-order chi connectivity index (χ0) is 19.2. The minimum absolute atomic E-state index is 0.323. The van der Waals surface area contributed by atoms with Gasteiger partial charge in [-0.25, -0.2) is 4.98 Å². The highest BCUT2D eigenvalue weighted by Crippen LogP contribution is 2.29. The van der Waals surface area contributed by atoms with Gasteiger partial charge < -0.3 is 20.1 Å². The van der Waals surface area contributed by atoms with E-state index >= 15 is 0 Å². The lowest BCUT2D eigenvalue weighted by molar-refractivity contribution is 0.102. The van der Waals surface area contributed by atoms with Gasteiger partial charge in [-0.15, -0.1) is 0 Å². The van der Waals surface area contributed by atoms with Crippen LogP contribution in [0.15, 0.2) is 60.8 Å². The highest BCUT2D eigenvalue weighted by molar-refractivity contribution is 6.30. The number of aromatic nitrogens is 1. The summed E-state index contributed by atoms with van der Waals surface area (Å²) in [6, 6.07) is 16.0. The molecule has 2 aromatic carbocycles. The summed E-state index contributed by atoms with van der Waals surface area (Å²) in [7, 11) is 3.01. The lowest BCUT2D eigenvalue weighted by atomic mass is 10.1. The molecular formula is C20H18ClN3O3. The Kier molecular flexibility index (Phi) is 5.78. The number of carbonyl (C=O) groups is 1. The molecule has 0 radical (unpaired) electrons. The molecule has 138 valence electrons. The molecule has 2 N–H and O–H groups in total. The van der Waals surface area contributed by atoms with Crippen LogP contribution in [0, 0.1) is 0 Å². The van der Waals surface area contributed by atoms with Crippen molar-refractivity contribution >= 4 is 34.7 Å². The molecular weight excluding hydrogens is 366 g/mol. The molecule has 0 saturated heterocycles. The van der Waals surface area contributed by atoms with Crippen molar-refractivity contribution in [3.8, 4) is 11.5 Å². The minimum Gasteiger partial charge on any atom is -0.496 e. The van der Waals surface area contributed by atoms with Crippen LogP contribution in [0.3, 0.4) is 0 Å². The summed E-state index contributed by atoms with van der Waals surface area (Å²) in [4.78, 5) is 17.0. The van der Waals surface area contributed by atoms with Crippen molar-refractivity contribution in [1.29, 1.82) is 0 Å². The molecule has 0 aliphatic heterocycles. The molecule has 1 heterocycles. The molecule has 0 atom stereocenters. The van der Waals surface area contributed by atoms with Crippen molar-refractivity contribution < 1.29 is 14.3 Å². The first kappa shape index (κ1) is 18.5. The fourth-order valence-corrected chi connectivity index (χ4v) is 2.71. The number of hydrogen-bond donors (Lipinski definition) is 2. The van der Waals surface area contributed by atoms with Crippen molar-refractivity contribution in [2.45, 2.75) is 0 Å². The number of hydrogen-bond acceptors (Lipinski definition) is 5. The van der Waals surface area contributed by atoms with E-state index < -0.39 is 0 Å². The molecule has 6 nitrogen and oxygen atoms in total. The summed E-state index contributed by atoms with van der Waals surface area (Å²) < 4.78 is 10.5. The van der Waals surface area contributed by atoms with Gasteiger partial charge in [0.05, 0.1) is 26.1 Å². The Bertz CT molecular complexity index is 923. The number of anilines is 3. The SMILES string of the molecule is COc1cccc(OC)c1C(=O)Nc1ccc(Nc2cccc(Cl)c2)nc1. The normalized spacial score (nSPS) is 10.2. The van der Waals surface area contributed by atoms with Gasteiger partial charge >= 0.3 is 0 Å². The van der Waals surface area contributed by atoms with Crippen molar-refractivity contribution in [2.75, 3.05) is 24.9 Å². The molecule has 0 spiro atoms. The number of halogens is 1. The smallest absolute Gasteiger partial charge is 0.263 e. The van der Waals surface area contributed by atoms with E-state index in [1.54, 1.807) is 48.7 Å². The van der Waals surface area contributed by atoms with Crippen LogP contribution in [-0.2, 0) is 0 Å². The molecule has 27 heavy (non-hydrogen) atoms. The zero-order valence-electron chi connectivity index (χ0n) is 14.8. The Balaban J connectivity index is 1.74. The summed E-state index contributed by atoms with van der Waals surface area (Å²) in [6.45, 7) is 0. The Labute approximate surface area is 162 Å². The predicted octanol–water partition coefficient (Wildman–Crippen LogP) is 4.75. The Morgan fingerprint density at radius 1 is 0.963 bits per heavy atom. The van der Waals surface area contributed by atoms with Crippen LogP contribution in [0.25, 0.3) is 0 Å². The number of methoxy groups -OCH3 is 2. The molecule has 0 saturated carbocycles. The van der Waals surface area contributed by atoms with Crippen LogP contribution >= 0.6 is 11.6 Å². The number of amides is 1. The largest absolute Gasteiger partial charge is 0.496 e. The lowest BCUT2D eigenvalue weighted by Gasteiger charge is -2.13. The monoisotopic (exact) mass is 383 g/mol. The van der Waals surface area contributed by atoms with Crippen LogP contribution < -0.4 is 20.1 Å². The second kappa shape index (κ2) is 8.42. The first-order valence-electron chi connectivity index (χ1n) is 8.11. The maximum atomic E-state index is 12.7. The fourth-order valence-electron chi connectivity index (χ4n) is 2.52. The van der Waals surface area contributed by atoms with E-state index in [9.17, 15) is 4.79 Å². The maximum Gasteiger partial charge on any atom is 0.263 e. The summed E-state index contributed by atoms with van der Waals surface area (Å²) >= 11 is 5.97. The number of benzene rings is 2. The average molecular weight is 384 g/mol. The van der Waals surface area contributed by atoms with Crippen molar-refractivity contribution in [3.63, 3.8) is 0 Å². The van der Waals surface area contributed by atoms with Gasteiger partial charge in [-0.1, -0.05) is 23.7 Å². The van der Waals surface area contributed by atoms with E-state index in [4.69, 9.17) is 21.1 Å². The van der Waals surface area contributed by atoms with Gasteiger partial charge in [-0.2, -0.15) is 0 Å². The van der Waals surface area contributed by atoms with E-state index in [2.05, 4.69) is 15.6 Å². The van der Waals surface area contributed by atoms with Crippen LogP contribution in [0.4, 0.5) is 17.2 Å². The van der Waals surface area contributed by atoms with E-state index in [1.165, 1.54) is 14.2 Å². The third kappa shape index (κ3) is 4.48. The third-order valence-electron chi connectivity index (χ3n) is 3.77. The molecule has 0 fully saturated rings. The molecule has 0 bridgehead atoms. The molecule has 1 aromatic heterocycles. The number of rotatable bonds is 6. The molecule has 0 aliphatic carbocycles. The summed E-state index contributed by atoms with van der Waals surface area (Å²) in [5.41, 5.74) is 1.69. The highest BCUT2D eigenvalue weighted by atomic mass is 35.5.